The van der Waals surface area contributed by atoms with Gasteiger partial charge >= 0.3 is 6.09 Å². The smallest absolute Gasteiger partial charge is 0.410 e. The van der Waals surface area contributed by atoms with Crippen LogP contribution in [0.5, 0.6) is 0 Å². The molecule has 1 saturated heterocycles. The van der Waals surface area contributed by atoms with E-state index in [1.807, 2.05) is 43.3 Å². The fourth-order valence-corrected chi connectivity index (χ4v) is 3.87. The Balaban J connectivity index is 1.46. The van der Waals surface area contributed by atoms with Gasteiger partial charge in [0.1, 0.15) is 12.4 Å². The van der Waals surface area contributed by atoms with Gasteiger partial charge in [-0.1, -0.05) is 42.5 Å². The van der Waals surface area contributed by atoms with E-state index < -0.39 is 0 Å². The molecule has 1 N–H and O–H groups in total. The van der Waals surface area contributed by atoms with E-state index >= 15 is 0 Å². The summed E-state index contributed by atoms with van der Waals surface area (Å²) in [5.41, 5.74) is 2.07. The molecule has 142 valence electrons. The number of pyridine rings is 1. The number of ether oxygens (including phenoxy) is 1. The Hall–Kier alpha value is -1.99. The van der Waals surface area contributed by atoms with Gasteiger partial charge in [-0.2, -0.15) is 0 Å². The summed E-state index contributed by atoms with van der Waals surface area (Å²) in [6, 6.07) is 11.7. The third kappa shape index (κ3) is 5.49. The van der Waals surface area contributed by atoms with Gasteiger partial charge in [-0.05, 0) is 52.9 Å². The number of benzene rings is 1. The van der Waals surface area contributed by atoms with Crippen molar-refractivity contribution in [2.24, 2.45) is 5.92 Å². The van der Waals surface area contributed by atoms with E-state index in [4.69, 9.17) is 17.0 Å². The molecule has 7 heteroatoms. The van der Waals surface area contributed by atoms with E-state index in [1.165, 1.54) is 0 Å². The quantitative estimate of drug-likeness (QED) is 0.672. The third-order valence-electron chi connectivity index (χ3n) is 4.55. The number of hydrogen-bond acceptors (Lipinski definition) is 4. The highest BCUT2D eigenvalue weighted by atomic mass is 79.9. The van der Waals surface area contributed by atoms with Gasteiger partial charge < -0.3 is 15.0 Å². The van der Waals surface area contributed by atoms with Crippen molar-refractivity contribution in [1.82, 2.24) is 9.88 Å². The van der Waals surface area contributed by atoms with E-state index in [0.29, 0.717) is 19.7 Å². The normalized spacial score (nSPS) is 14.7. The van der Waals surface area contributed by atoms with Crippen molar-refractivity contribution in [2.45, 2.75) is 26.4 Å². The van der Waals surface area contributed by atoms with Gasteiger partial charge in [0, 0.05) is 25.2 Å². The highest BCUT2D eigenvalue weighted by Gasteiger charge is 2.26. The molecule has 0 bridgehead atoms. The van der Waals surface area contributed by atoms with Crippen LogP contribution in [0.25, 0.3) is 0 Å². The predicted molar refractivity (Wildman–Crippen MR) is 114 cm³/mol. The zero-order chi connectivity index (χ0) is 19.2. The number of nitrogens with one attached hydrogen (secondary N) is 1. The second kappa shape index (κ2) is 9.28. The molecule has 1 aromatic carbocycles. The number of thiocarbonyl (C=S) groups is 1. The summed E-state index contributed by atoms with van der Waals surface area (Å²) in [4.78, 5) is 19.2. The number of anilines is 1. The molecule has 1 aliphatic heterocycles. The summed E-state index contributed by atoms with van der Waals surface area (Å²) in [6.45, 7) is 3.57. The number of carbonyl (C=O) groups excluding carboxylic acids is 1. The number of piperidine rings is 1. The average molecular weight is 448 g/mol. The molecular formula is C20H22BrN3O2S. The number of rotatable bonds is 4. The predicted octanol–water partition coefficient (Wildman–Crippen LogP) is 4.94. The summed E-state index contributed by atoms with van der Waals surface area (Å²) in [5.74, 6) is 0.962. The Morgan fingerprint density at radius 2 is 2.04 bits per heavy atom. The molecule has 0 unspecified atom stereocenters. The molecular weight excluding hydrogens is 426 g/mol. The number of halogens is 1. The Morgan fingerprint density at radius 3 is 2.70 bits per heavy atom. The minimum atomic E-state index is -0.265. The van der Waals surface area contributed by atoms with Gasteiger partial charge in [-0.15, -0.1) is 0 Å². The maximum absolute atomic E-state index is 12.3. The summed E-state index contributed by atoms with van der Waals surface area (Å²) < 4.78 is 6.30. The van der Waals surface area contributed by atoms with Crippen LogP contribution in [0.2, 0.25) is 0 Å². The number of aryl methyl sites for hydroxylation is 1. The van der Waals surface area contributed by atoms with Crippen molar-refractivity contribution in [3.8, 4) is 0 Å². The van der Waals surface area contributed by atoms with Crippen LogP contribution < -0.4 is 5.32 Å². The molecule has 0 spiro atoms. The first kappa shape index (κ1) is 19.8. The molecule has 2 heterocycles. The lowest BCUT2D eigenvalue weighted by molar-refractivity contribution is 0.0865. The van der Waals surface area contributed by atoms with Crippen LogP contribution in [0.1, 0.15) is 24.0 Å². The summed E-state index contributed by atoms with van der Waals surface area (Å²) in [6.07, 6.45) is 3.17. The van der Waals surface area contributed by atoms with Crippen LogP contribution in [-0.4, -0.2) is 34.1 Å². The van der Waals surface area contributed by atoms with Gasteiger partial charge in [-0.25, -0.2) is 9.78 Å². The molecule has 0 aliphatic carbocycles. The van der Waals surface area contributed by atoms with Gasteiger partial charge in [-0.3, -0.25) is 0 Å². The molecule has 5 nitrogen and oxygen atoms in total. The molecule has 1 amide bonds. The minimum absolute atomic E-state index is 0.230. The van der Waals surface area contributed by atoms with Crippen molar-refractivity contribution < 1.29 is 9.53 Å². The van der Waals surface area contributed by atoms with Crippen molar-refractivity contribution >= 4 is 45.0 Å². The highest BCUT2D eigenvalue weighted by molar-refractivity contribution is 9.10. The first-order valence-electron chi connectivity index (χ1n) is 8.91. The van der Waals surface area contributed by atoms with Gasteiger partial charge in [0.2, 0.25) is 0 Å². The number of aromatic nitrogens is 1. The lowest BCUT2D eigenvalue weighted by Gasteiger charge is -2.31. The molecule has 27 heavy (non-hydrogen) atoms. The van der Waals surface area contributed by atoms with Crippen LogP contribution in [0.4, 0.5) is 10.6 Å². The van der Waals surface area contributed by atoms with Crippen LogP contribution in [0, 0.1) is 12.8 Å². The van der Waals surface area contributed by atoms with Crippen LogP contribution >= 0.6 is 28.1 Å². The second-order valence-electron chi connectivity index (χ2n) is 6.63. The largest absolute Gasteiger partial charge is 0.445 e. The topological polar surface area (TPSA) is 54.5 Å². The van der Waals surface area contributed by atoms with E-state index in [1.54, 1.807) is 11.1 Å². The molecule has 0 atom stereocenters. The molecule has 3 rings (SSSR count). The van der Waals surface area contributed by atoms with Gasteiger partial charge in [0.15, 0.2) is 0 Å². The SMILES string of the molecule is Cc1cnc(NC(=S)C2CCN(C(=O)OCc3ccccc3)CC2)c(Br)c1. The number of amides is 1. The third-order valence-corrected chi connectivity index (χ3v) is 5.59. The molecule has 0 saturated carbocycles. The molecule has 1 aliphatic rings. The number of carbonyl (C=O) groups is 1. The lowest BCUT2D eigenvalue weighted by Crippen LogP contribution is -2.41. The van der Waals surface area contributed by atoms with Crippen molar-refractivity contribution in [3.05, 3.63) is 58.2 Å². The minimum Gasteiger partial charge on any atom is -0.445 e. The molecule has 1 fully saturated rings. The number of nitrogens with zero attached hydrogens (tertiary/aromatic N) is 2. The van der Waals surface area contributed by atoms with E-state index in [-0.39, 0.29) is 12.0 Å². The first-order chi connectivity index (χ1) is 13.0. The standard InChI is InChI=1S/C20H22BrN3O2S/c1-14-11-17(21)18(22-12-14)23-19(27)16-7-9-24(10-8-16)20(25)26-13-15-5-3-2-4-6-15/h2-6,11-12,16H,7-10,13H2,1H3,(H,22,23,27). The number of likely N-dealkylation sites (tertiary alicyclic amines) is 1. The van der Waals surface area contributed by atoms with Gasteiger partial charge in [0.05, 0.1) is 9.46 Å². The van der Waals surface area contributed by atoms with Crippen LogP contribution in [-0.2, 0) is 11.3 Å². The van der Waals surface area contributed by atoms with Crippen molar-refractivity contribution in [3.63, 3.8) is 0 Å². The number of hydrogen-bond donors (Lipinski definition) is 1. The Morgan fingerprint density at radius 1 is 1.33 bits per heavy atom. The van der Waals surface area contributed by atoms with E-state index in [0.717, 1.165) is 39.2 Å². The second-order valence-corrected chi connectivity index (χ2v) is 7.93. The monoisotopic (exact) mass is 447 g/mol. The maximum Gasteiger partial charge on any atom is 0.410 e. The van der Waals surface area contributed by atoms with Crippen molar-refractivity contribution in [2.75, 3.05) is 18.4 Å². The zero-order valence-electron chi connectivity index (χ0n) is 15.2. The fraction of sp³-hybridized carbons (Fsp3) is 0.350. The fourth-order valence-electron chi connectivity index (χ4n) is 2.98. The van der Waals surface area contributed by atoms with Gasteiger partial charge in [0.25, 0.3) is 0 Å². The zero-order valence-corrected chi connectivity index (χ0v) is 17.6. The Kier molecular flexibility index (Phi) is 6.79. The Bertz CT molecular complexity index is 808. The summed E-state index contributed by atoms with van der Waals surface area (Å²) >= 11 is 9.07. The Labute approximate surface area is 173 Å². The highest BCUT2D eigenvalue weighted by Crippen LogP contribution is 2.24. The van der Waals surface area contributed by atoms with Crippen LogP contribution in [0.3, 0.4) is 0 Å². The van der Waals surface area contributed by atoms with E-state index in [9.17, 15) is 4.79 Å². The lowest BCUT2D eigenvalue weighted by atomic mass is 9.97. The summed E-state index contributed by atoms with van der Waals surface area (Å²) in [5, 5.41) is 3.24. The molecule has 0 radical (unpaired) electrons. The van der Waals surface area contributed by atoms with E-state index in [2.05, 4.69) is 26.2 Å². The molecule has 2 aromatic rings. The maximum atomic E-state index is 12.3. The first-order valence-corrected chi connectivity index (χ1v) is 10.1. The summed E-state index contributed by atoms with van der Waals surface area (Å²) in [7, 11) is 0. The van der Waals surface area contributed by atoms with Crippen LogP contribution in [0.15, 0.2) is 47.1 Å². The van der Waals surface area contributed by atoms with Crippen molar-refractivity contribution in [1.29, 1.82) is 0 Å². The molecule has 1 aromatic heterocycles. The average Bonchev–Trinajstić information content (AvgIpc) is 2.69.